The highest BCUT2D eigenvalue weighted by molar-refractivity contribution is 6.03. The van der Waals surface area contributed by atoms with Crippen molar-refractivity contribution in [1.29, 1.82) is 0 Å². The first-order valence-corrected chi connectivity index (χ1v) is 5.00. The highest BCUT2D eigenvalue weighted by atomic mass is 16.5. The number of ether oxygens (including phenoxy) is 1. The van der Waals surface area contributed by atoms with Gasteiger partial charge in [-0.1, -0.05) is 0 Å². The Bertz CT molecular complexity index is 491. The number of nitrogens with one attached hydrogen (secondary N) is 1. The van der Waals surface area contributed by atoms with Crippen LogP contribution in [0.2, 0.25) is 0 Å². The lowest BCUT2D eigenvalue weighted by Gasteiger charge is -2.03. The molecule has 0 bridgehead atoms. The average Bonchev–Trinajstić information content (AvgIpc) is 2.36. The second-order valence-corrected chi connectivity index (χ2v) is 3.29. The molecule has 0 heterocycles. The van der Waals surface area contributed by atoms with Gasteiger partial charge in [0.1, 0.15) is 0 Å². The Morgan fingerprint density at radius 2 is 1.78 bits per heavy atom. The zero-order chi connectivity index (χ0) is 13.5. The normalized spacial score (nSPS) is 10.1. The van der Waals surface area contributed by atoms with Crippen LogP contribution in [0.4, 0.5) is 5.69 Å². The van der Waals surface area contributed by atoms with E-state index in [4.69, 9.17) is 5.73 Å². The van der Waals surface area contributed by atoms with Gasteiger partial charge in [-0.15, -0.1) is 0 Å². The molecule has 94 valence electrons. The molecule has 0 fully saturated rings. The second kappa shape index (κ2) is 6.19. The van der Waals surface area contributed by atoms with Crippen LogP contribution in [0.5, 0.6) is 0 Å². The van der Waals surface area contributed by atoms with Crippen LogP contribution in [-0.4, -0.2) is 24.9 Å². The number of hydrogen-bond donors (Lipinski definition) is 2. The summed E-state index contributed by atoms with van der Waals surface area (Å²) in [6.45, 7) is 0. The van der Waals surface area contributed by atoms with Gasteiger partial charge < -0.3 is 15.8 Å². The van der Waals surface area contributed by atoms with Gasteiger partial charge in [0, 0.05) is 17.8 Å². The maximum atomic E-state index is 11.3. The molecule has 2 amide bonds. The Hall–Kier alpha value is -2.63. The van der Waals surface area contributed by atoms with Gasteiger partial charge in [0.05, 0.1) is 12.7 Å². The van der Waals surface area contributed by atoms with Crippen molar-refractivity contribution in [2.24, 2.45) is 5.73 Å². The maximum Gasteiger partial charge on any atom is 0.337 e. The summed E-state index contributed by atoms with van der Waals surface area (Å²) in [6, 6.07) is 6.11. The molecule has 1 aromatic rings. The largest absolute Gasteiger partial charge is 0.465 e. The molecular weight excluding hydrogens is 236 g/mol. The molecule has 0 unspecified atom stereocenters. The zero-order valence-corrected chi connectivity index (χ0v) is 9.67. The minimum Gasteiger partial charge on any atom is -0.465 e. The van der Waals surface area contributed by atoms with E-state index in [1.54, 1.807) is 12.1 Å². The van der Waals surface area contributed by atoms with Crippen LogP contribution in [0.1, 0.15) is 10.4 Å². The highest BCUT2D eigenvalue weighted by Gasteiger charge is 2.05. The van der Waals surface area contributed by atoms with Gasteiger partial charge in [0.2, 0.25) is 11.8 Å². The summed E-state index contributed by atoms with van der Waals surface area (Å²) < 4.78 is 4.53. The maximum absolute atomic E-state index is 11.3. The first kappa shape index (κ1) is 13.4. The predicted octanol–water partition coefficient (Wildman–Crippen LogP) is 0.453. The zero-order valence-electron chi connectivity index (χ0n) is 9.67. The number of benzene rings is 1. The molecule has 6 heteroatoms. The van der Waals surface area contributed by atoms with Crippen LogP contribution in [0.15, 0.2) is 36.4 Å². The minimum absolute atomic E-state index is 0.378. The van der Waals surface area contributed by atoms with E-state index in [2.05, 4.69) is 10.1 Å². The number of amides is 2. The van der Waals surface area contributed by atoms with Crippen LogP contribution in [0, 0.1) is 0 Å². The van der Waals surface area contributed by atoms with E-state index in [1.165, 1.54) is 19.2 Å². The molecule has 0 saturated heterocycles. The third-order valence-electron chi connectivity index (χ3n) is 1.97. The van der Waals surface area contributed by atoms with Crippen LogP contribution < -0.4 is 11.1 Å². The minimum atomic E-state index is -0.703. The van der Waals surface area contributed by atoms with Crippen molar-refractivity contribution in [2.75, 3.05) is 12.4 Å². The molecule has 0 radical (unpaired) electrons. The fraction of sp³-hybridized carbons (Fsp3) is 0.0833. The average molecular weight is 248 g/mol. The topological polar surface area (TPSA) is 98.5 Å². The number of hydrogen-bond acceptors (Lipinski definition) is 4. The summed E-state index contributed by atoms with van der Waals surface area (Å²) >= 11 is 0. The number of anilines is 1. The van der Waals surface area contributed by atoms with Crippen molar-refractivity contribution in [3.8, 4) is 0 Å². The molecule has 0 atom stereocenters. The number of nitrogens with two attached hydrogens (primary N) is 1. The Morgan fingerprint density at radius 1 is 1.17 bits per heavy atom. The number of esters is 1. The summed E-state index contributed by atoms with van der Waals surface area (Å²) in [5, 5.41) is 2.50. The lowest BCUT2D eigenvalue weighted by atomic mass is 10.2. The third-order valence-corrected chi connectivity index (χ3v) is 1.97. The Labute approximate surface area is 103 Å². The van der Waals surface area contributed by atoms with E-state index < -0.39 is 17.8 Å². The quantitative estimate of drug-likeness (QED) is 0.597. The first-order chi connectivity index (χ1) is 8.52. The number of primary amides is 1. The van der Waals surface area contributed by atoms with Gasteiger partial charge in [0.25, 0.3) is 0 Å². The van der Waals surface area contributed by atoms with Gasteiger partial charge in [-0.25, -0.2) is 4.79 Å². The molecular formula is C12H12N2O4. The molecule has 1 rings (SSSR count). The van der Waals surface area contributed by atoms with Crippen molar-refractivity contribution >= 4 is 23.5 Å². The van der Waals surface area contributed by atoms with Crippen LogP contribution in [0.3, 0.4) is 0 Å². The molecule has 0 aliphatic carbocycles. The first-order valence-electron chi connectivity index (χ1n) is 5.00. The molecule has 3 N–H and O–H groups in total. The van der Waals surface area contributed by atoms with E-state index in [0.717, 1.165) is 12.2 Å². The van der Waals surface area contributed by atoms with Crippen molar-refractivity contribution in [3.63, 3.8) is 0 Å². The van der Waals surface area contributed by atoms with Gasteiger partial charge in [0.15, 0.2) is 0 Å². The number of carbonyl (C=O) groups excluding carboxylic acids is 3. The molecule has 0 saturated carbocycles. The lowest BCUT2D eigenvalue weighted by Crippen LogP contribution is -2.11. The fourth-order valence-corrected chi connectivity index (χ4v) is 1.15. The molecule has 0 aliphatic heterocycles. The van der Waals surface area contributed by atoms with Crippen molar-refractivity contribution in [2.45, 2.75) is 0 Å². The Kier molecular flexibility index (Phi) is 4.62. The summed E-state index contributed by atoms with van der Waals surface area (Å²) in [6.07, 6.45) is 1.98. The SMILES string of the molecule is COC(=O)c1ccc(NC(=O)C=CC(N)=O)cc1. The molecule has 1 aromatic carbocycles. The second-order valence-electron chi connectivity index (χ2n) is 3.29. The number of carbonyl (C=O) groups is 3. The van der Waals surface area contributed by atoms with Crippen molar-refractivity contribution < 1.29 is 19.1 Å². The van der Waals surface area contributed by atoms with Gasteiger partial charge in [-0.3, -0.25) is 9.59 Å². The van der Waals surface area contributed by atoms with Gasteiger partial charge in [-0.05, 0) is 24.3 Å². The van der Waals surface area contributed by atoms with Crippen LogP contribution in [0.25, 0.3) is 0 Å². The van der Waals surface area contributed by atoms with Gasteiger partial charge >= 0.3 is 5.97 Å². The third kappa shape index (κ3) is 4.09. The molecule has 0 aromatic heterocycles. The van der Waals surface area contributed by atoms with Crippen LogP contribution >= 0.6 is 0 Å². The van der Waals surface area contributed by atoms with E-state index in [9.17, 15) is 14.4 Å². The van der Waals surface area contributed by atoms with E-state index in [0.29, 0.717) is 11.3 Å². The van der Waals surface area contributed by atoms with Crippen molar-refractivity contribution in [3.05, 3.63) is 42.0 Å². The number of rotatable bonds is 4. The summed E-state index contributed by atoms with van der Waals surface area (Å²) in [5.41, 5.74) is 5.71. The summed E-state index contributed by atoms with van der Waals surface area (Å²) in [7, 11) is 1.28. The van der Waals surface area contributed by atoms with E-state index in [-0.39, 0.29) is 0 Å². The summed E-state index contributed by atoms with van der Waals surface area (Å²) in [5.74, 6) is -1.65. The van der Waals surface area contributed by atoms with E-state index >= 15 is 0 Å². The van der Waals surface area contributed by atoms with Gasteiger partial charge in [-0.2, -0.15) is 0 Å². The standard InChI is InChI=1S/C12H12N2O4/c1-18-12(17)8-2-4-9(5-3-8)14-11(16)7-6-10(13)15/h2-7H,1H3,(H2,13,15)(H,14,16). The molecule has 0 aliphatic rings. The summed E-state index contributed by atoms with van der Waals surface area (Å²) in [4.78, 5) is 32.9. The van der Waals surface area contributed by atoms with Crippen LogP contribution in [-0.2, 0) is 14.3 Å². The van der Waals surface area contributed by atoms with Crippen molar-refractivity contribution in [1.82, 2.24) is 0 Å². The Balaban J connectivity index is 2.66. The lowest BCUT2D eigenvalue weighted by molar-refractivity contribution is -0.115. The fourth-order valence-electron chi connectivity index (χ4n) is 1.15. The highest BCUT2D eigenvalue weighted by Crippen LogP contribution is 2.10. The smallest absolute Gasteiger partial charge is 0.337 e. The van der Waals surface area contributed by atoms with E-state index in [1.807, 2.05) is 0 Å². The molecule has 18 heavy (non-hydrogen) atoms. The molecule has 6 nitrogen and oxygen atoms in total. The Morgan fingerprint density at radius 3 is 2.28 bits per heavy atom. The predicted molar refractivity (Wildman–Crippen MR) is 64.7 cm³/mol. The number of methoxy groups -OCH3 is 1. The monoisotopic (exact) mass is 248 g/mol. The molecule has 0 spiro atoms.